The molecule has 2 nitrogen and oxygen atoms in total. The number of hydrogen-bond acceptors (Lipinski definition) is 3. The van der Waals surface area contributed by atoms with Crippen LogP contribution in [-0.4, -0.2) is 12.2 Å². The molecule has 0 spiro atoms. The molecule has 0 radical (unpaired) electrons. The molecule has 2 aromatic rings. The highest BCUT2D eigenvalue weighted by Crippen LogP contribution is 2.25. The molecule has 1 N–H and O–H groups in total. The van der Waals surface area contributed by atoms with Gasteiger partial charge in [-0.15, -0.1) is 11.3 Å². The first kappa shape index (κ1) is 13.5. The van der Waals surface area contributed by atoms with Crippen LogP contribution in [0.25, 0.3) is 0 Å². The zero-order valence-corrected chi connectivity index (χ0v) is 12.3. The first-order valence-electron chi connectivity index (χ1n) is 5.43. The van der Waals surface area contributed by atoms with Crippen molar-refractivity contribution < 1.29 is 9.50 Å². The van der Waals surface area contributed by atoms with E-state index in [1.807, 2.05) is 17.3 Å². The molecule has 96 valence electrons. The zero-order chi connectivity index (χ0) is 13.1. The largest absolute Gasteiger partial charge is 0.392 e. The highest BCUT2D eigenvalue weighted by molar-refractivity contribution is 9.10. The maximum absolute atomic E-state index is 13.1. The van der Waals surface area contributed by atoms with E-state index in [9.17, 15) is 9.50 Å². The maximum Gasteiger partial charge on any atom is 0.123 e. The highest BCUT2D eigenvalue weighted by Gasteiger charge is 2.09. The molecule has 18 heavy (non-hydrogen) atoms. The first-order chi connectivity index (χ1) is 8.60. The summed E-state index contributed by atoms with van der Waals surface area (Å²) in [6.07, 6.45) is 0. The molecule has 0 aliphatic rings. The lowest BCUT2D eigenvalue weighted by molar-refractivity contribution is 0.281. The summed E-state index contributed by atoms with van der Waals surface area (Å²) in [5, 5.41) is 11.3. The van der Waals surface area contributed by atoms with Gasteiger partial charge in [0.25, 0.3) is 0 Å². The summed E-state index contributed by atoms with van der Waals surface area (Å²) in [4.78, 5) is 3.21. The fourth-order valence-corrected chi connectivity index (χ4v) is 3.31. The average Bonchev–Trinajstić information content (AvgIpc) is 2.74. The second kappa shape index (κ2) is 5.82. The fourth-order valence-electron chi connectivity index (χ4n) is 1.81. The predicted molar refractivity (Wildman–Crippen MR) is 76.4 cm³/mol. The zero-order valence-electron chi connectivity index (χ0n) is 9.86. The SMILES string of the molecule is CN(Cc1cc(Br)cs1)c1ccc(F)cc1CO. The van der Waals surface area contributed by atoms with E-state index in [1.54, 1.807) is 17.4 Å². The molecule has 0 aliphatic carbocycles. The summed E-state index contributed by atoms with van der Waals surface area (Å²) in [5.74, 6) is -0.324. The van der Waals surface area contributed by atoms with Gasteiger partial charge in [-0.1, -0.05) is 0 Å². The van der Waals surface area contributed by atoms with Crippen LogP contribution in [0.5, 0.6) is 0 Å². The second-order valence-electron chi connectivity index (χ2n) is 4.02. The Hall–Kier alpha value is -0.910. The van der Waals surface area contributed by atoms with Gasteiger partial charge < -0.3 is 10.0 Å². The lowest BCUT2D eigenvalue weighted by Gasteiger charge is -2.21. The summed E-state index contributed by atoms with van der Waals surface area (Å²) in [6, 6.07) is 6.54. The van der Waals surface area contributed by atoms with Gasteiger partial charge in [0.1, 0.15) is 5.82 Å². The van der Waals surface area contributed by atoms with Crippen LogP contribution in [0.1, 0.15) is 10.4 Å². The Balaban J connectivity index is 2.20. The van der Waals surface area contributed by atoms with Gasteiger partial charge in [-0.2, -0.15) is 0 Å². The highest BCUT2D eigenvalue weighted by atomic mass is 79.9. The van der Waals surface area contributed by atoms with Crippen molar-refractivity contribution in [3.63, 3.8) is 0 Å². The molecule has 0 saturated heterocycles. The quantitative estimate of drug-likeness (QED) is 0.922. The molecule has 0 fully saturated rings. The molecular formula is C13H13BrFNOS. The van der Waals surface area contributed by atoms with Crippen molar-refractivity contribution in [1.29, 1.82) is 0 Å². The van der Waals surface area contributed by atoms with Crippen LogP contribution in [0, 0.1) is 5.82 Å². The first-order valence-corrected chi connectivity index (χ1v) is 7.10. The van der Waals surface area contributed by atoms with Gasteiger partial charge >= 0.3 is 0 Å². The monoisotopic (exact) mass is 329 g/mol. The Morgan fingerprint density at radius 3 is 2.78 bits per heavy atom. The third kappa shape index (κ3) is 3.10. The number of halogens is 2. The van der Waals surface area contributed by atoms with Crippen LogP contribution in [0.2, 0.25) is 0 Å². The summed E-state index contributed by atoms with van der Waals surface area (Å²) in [6.45, 7) is 0.570. The molecule has 0 bridgehead atoms. The summed E-state index contributed by atoms with van der Waals surface area (Å²) in [7, 11) is 1.93. The van der Waals surface area contributed by atoms with Crippen LogP contribution >= 0.6 is 27.3 Å². The molecule has 0 saturated carbocycles. The average molecular weight is 330 g/mol. The molecule has 1 aromatic carbocycles. The number of thiophene rings is 1. The Bertz CT molecular complexity index is 544. The van der Waals surface area contributed by atoms with Crippen LogP contribution in [0.3, 0.4) is 0 Å². The number of aliphatic hydroxyl groups excluding tert-OH is 1. The molecule has 5 heteroatoms. The fraction of sp³-hybridized carbons (Fsp3) is 0.231. The topological polar surface area (TPSA) is 23.5 Å². The van der Waals surface area contributed by atoms with Crippen LogP contribution < -0.4 is 4.90 Å². The normalized spacial score (nSPS) is 10.7. The van der Waals surface area contributed by atoms with Gasteiger partial charge in [-0.25, -0.2) is 4.39 Å². The van der Waals surface area contributed by atoms with Gasteiger partial charge in [0.05, 0.1) is 13.2 Å². The van der Waals surface area contributed by atoms with Gasteiger partial charge in [0.2, 0.25) is 0 Å². The van der Waals surface area contributed by atoms with E-state index in [2.05, 4.69) is 22.0 Å². The van der Waals surface area contributed by atoms with E-state index in [-0.39, 0.29) is 12.4 Å². The van der Waals surface area contributed by atoms with Crippen LogP contribution in [-0.2, 0) is 13.2 Å². The standard InChI is InChI=1S/C13H13BrFNOS/c1-16(6-12-5-10(14)8-18-12)13-3-2-11(15)4-9(13)7-17/h2-5,8,17H,6-7H2,1H3. The molecule has 0 aliphatic heterocycles. The predicted octanol–water partition coefficient (Wildman–Crippen LogP) is 3.78. The molecule has 2 rings (SSSR count). The number of hydrogen-bond donors (Lipinski definition) is 1. The van der Waals surface area contributed by atoms with E-state index in [4.69, 9.17) is 0 Å². The summed E-state index contributed by atoms with van der Waals surface area (Å²) < 4.78 is 14.2. The van der Waals surface area contributed by atoms with E-state index in [0.29, 0.717) is 5.56 Å². The van der Waals surface area contributed by atoms with Gasteiger partial charge in [0, 0.05) is 33.0 Å². The molecule has 0 unspecified atom stereocenters. The van der Waals surface area contributed by atoms with Crippen molar-refractivity contribution in [2.45, 2.75) is 13.2 Å². The Kier molecular flexibility index (Phi) is 4.37. The number of rotatable bonds is 4. The van der Waals surface area contributed by atoms with Crippen molar-refractivity contribution in [3.8, 4) is 0 Å². The summed E-state index contributed by atoms with van der Waals surface area (Å²) in [5.41, 5.74) is 1.46. The van der Waals surface area contributed by atoms with Crippen molar-refractivity contribution in [3.05, 3.63) is 50.4 Å². The van der Waals surface area contributed by atoms with Crippen molar-refractivity contribution in [1.82, 2.24) is 0 Å². The maximum atomic E-state index is 13.1. The second-order valence-corrected chi connectivity index (χ2v) is 5.93. The smallest absolute Gasteiger partial charge is 0.123 e. The summed E-state index contributed by atoms with van der Waals surface area (Å²) >= 11 is 5.08. The minimum atomic E-state index is -0.324. The van der Waals surface area contributed by atoms with Gasteiger partial charge in [0.15, 0.2) is 0 Å². The van der Waals surface area contributed by atoms with Gasteiger partial charge in [-0.05, 0) is 40.2 Å². The van der Waals surface area contributed by atoms with E-state index >= 15 is 0 Å². The van der Waals surface area contributed by atoms with E-state index in [0.717, 1.165) is 16.7 Å². The number of benzene rings is 1. The lowest BCUT2D eigenvalue weighted by atomic mass is 10.1. The van der Waals surface area contributed by atoms with Crippen molar-refractivity contribution >= 4 is 33.0 Å². The van der Waals surface area contributed by atoms with Crippen LogP contribution in [0.4, 0.5) is 10.1 Å². The Morgan fingerprint density at radius 2 is 2.17 bits per heavy atom. The molecule has 0 atom stereocenters. The number of aliphatic hydroxyl groups is 1. The third-order valence-corrected chi connectivity index (χ3v) is 4.32. The Morgan fingerprint density at radius 1 is 1.39 bits per heavy atom. The van der Waals surface area contributed by atoms with E-state index in [1.165, 1.54) is 17.0 Å². The van der Waals surface area contributed by atoms with Gasteiger partial charge in [-0.3, -0.25) is 0 Å². The lowest BCUT2D eigenvalue weighted by Crippen LogP contribution is -2.17. The molecule has 0 amide bonds. The minimum absolute atomic E-state index is 0.161. The molecular weight excluding hydrogens is 317 g/mol. The van der Waals surface area contributed by atoms with Crippen LogP contribution in [0.15, 0.2) is 34.1 Å². The van der Waals surface area contributed by atoms with E-state index < -0.39 is 0 Å². The third-order valence-electron chi connectivity index (χ3n) is 2.64. The molecule has 1 heterocycles. The van der Waals surface area contributed by atoms with Crippen molar-refractivity contribution in [2.75, 3.05) is 11.9 Å². The number of nitrogens with zero attached hydrogens (tertiary/aromatic N) is 1. The Labute approximate surface area is 118 Å². The minimum Gasteiger partial charge on any atom is -0.392 e. The number of anilines is 1. The van der Waals surface area contributed by atoms with Crippen molar-refractivity contribution in [2.24, 2.45) is 0 Å². The molecule has 1 aromatic heterocycles.